The topological polar surface area (TPSA) is 61.9 Å². The molecular formula is C18H27N3O3. The first-order valence-electron chi connectivity index (χ1n) is 8.39. The van der Waals surface area contributed by atoms with Crippen molar-refractivity contribution in [1.29, 1.82) is 0 Å². The normalized spacial score (nSPS) is 15.8. The van der Waals surface area contributed by atoms with E-state index in [0.717, 1.165) is 18.8 Å². The van der Waals surface area contributed by atoms with Crippen LogP contribution < -0.4 is 10.2 Å². The molecule has 1 aromatic carbocycles. The number of nitrogens with zero attached hydrogens (tertiary/aromatic N) is 2. The number of benzene rings is 1. The molecular weight excluding hydrogens is 306 g/mol. The third-order valence-corrected chi connectivity index (χ3v) is 4.27. The number of carbonyl (C=O) groups excluding carboxylic acids is 2. The average molecular weight is 333 g/mol. The number of anilines is 1. The summed E-state index contributed by atoms with van der Waals surface area (Å²) in [6, 6.07) is 8.58. The first kappa shape index (κ1) is 18.3. The Bertz CT molecular complexity index is 551. The van der Waals surface area contributed by atoms with Crippen LogP contribution in [0.5, 0.6) is 0 Å². The molecule has 0 bridgehead atoms. The fourth-order valence-electron chi connectivity index (χ4n) is 2.93. The smallest absolute Gasteiger partial charge is 0.303 e. The lowest BCUT2D eigenvalue weighted by Gasteiger charge is -2.28. The van der Waals surface area contributed by atoms with E-state index >= 15 is 0 Å². The van der Waals surface area contributed by atoms with E-state index in [2.05, 4.69) is 39.4 Å². The highest BCUT2D eigenvalue weighted by Crippen LogP contribution is 2.26. The number of rotatable bonds is 7. The highest BCUT2D eigenvalue weighted by molar-refractivity contribution is 5.79. The molecule has 0 saturated carbocycles. The number of esters is 1. The molecule has 1 atom stereocenters. The fraction of sp³-hybridized carbons (Fsp3) is 0.556. The summed E-state index contributed by atoms with van der Waals surface area (Å²) in [4.78, 5) is 27.1. The fourth-order valence-corrected chi connectivity index (χ4v) is 2.93. The Balaban J connectivity index is 2.02. The van der Waals surface area contributed by atoms with E-state index in [-0.39, 0.29) is 18.6 Å². The maximum absolute atomic E-state index is 11.8. The lowest BCUT2D eigenvalue weighted by atomic mass is 10.0. The van der Waals surface area contributed by atoms with Crippen molar-refractivity contribution in [2.75, 3.05) is 45.2 Å². The summed E-state index contributed by atoms with van der Waals surface area (Å²) in [5, 5.41) is 2.88. The van der Waals surface area contributed by atoms with Crippen LogP contribution >= 0.6 is 0 Å². The second kappa shape index (κ2) is 8.68. The van der Waals surface area contributed by atoms with Crippen molar-refractivity contribution in [3.8, 4) is 0 Å². The first-order chi connectivity index (χ1) is 11.5. The predicted molar refractivity (Wildman–Crippen MR) is 94.0 cm³/mol. The van der Waals surface area contributed by atoms with Gasteiger partial charge in [0.05, 0.1) is 6.04 Å². The second-order valence-corrected chi connectivity index (χ2v) is 6.33. The number of hydrogen-bond donors (Lipinski definition) is 1. The zero-order chi connectivity index (χ0) is 17.5. The van der Waals surface area contributed by atoms with Crippen LogP contribution in [0.1, 0.15) is 31.4 Å². The number of ether oxygens (including phenoxy) is 1. The van der Waals surface area contributed by atoms with Crippen LogP contribution in [0.4, 0.5) is 5.69 Å². The summed E-state index contributed by atoms with van der Waals surface area (Å²) in [6.45, 7) is 3.68. The van der Waals surface area contributed by atoms with E-state index in [9.17, 15) is 9.59 Å². The monoisotopic (exact) mass is 333 g/mol. The van der Waals surface area contributed by atoms with Crippen molar-refractivity contribution in [2.45, 2.75) is 25.8 Å². The van der Waals surface area contributed by atoms with Crippen LogP contribution in [0.25, 0.3) is 0 Å². The molecule has 1 unspecified atom stereocenters. The number of nitrogens with one attached hydrogen (secondary N) is 1. The van der Waals surface area contributed by atoms with Gasteiger partial charge in [-0.1, -0.05) is 12.1 Å². The SMILES string of the molecule is CC(=O)OCC(=O)NCC(c1ccc(N(C)C)cc1)N1CCCC1. The maximum atomic E-state index is 11.8. The molecule has 6 nitrogen and oxygen atoms in total. The van der Waals surface area contributed by atoms with Crippen molar-refractivity contribution in [3.05, 3.63) is 29.8 Å². The van der Waals surface area contributed by atoms with Crippen molar-refractivity contribution >= 4 is 17.6 Å². The van der Waals surface area contributed by atoms with Crippen molar-refractivity contribution in [2.24, 2.45) is 0 Å². The summed E-state index contributed by atoms with van der Waals surface area (Å²) >= 11 is 0. The Kier molecular flexibility index (Phi) is 6.61. The number of amides is 1. The Hall–Kier alpha value is -2.08. The van der Waals surface area contributed by atoms with Gasteiger partial charge < -0.3 is 15.0 Å². The van der Waals surface area contributed by atoms with E-state index in [0.29, 0.717) is 6.54 Å². The van der Waals surface area contributed by atoms with Gasteiger partial charge >= 0.3 is 5.97 Å². The highest BCUT2D eigenvalue weighted by Gasteiger charge is 2.24. The van der Waals surface area contributed by atoms with Crippen LogP contribution in [-0.4, -0.2) is 57.1 Å². The molecule has 24 heavy (non-hydrogen) atoms. The molecule has 0 radical (unpaired) electrons. The van der Waals surface area contributed by atoms with E-state index < -0.39 is 5.97 Å². The second-order valence-electron chi connectivity index (χ2n) is 6.33. The highest BCUT2D eigenvalue weighted by atomic mass is 16.5. The van der Waals surface area contributed by atoms with Crippen molar-refractivity contribution in [3.63, 3.8) is 0 Å². The van der Waals surface area contributed by atoms with Gasteiger partial charge in [-0.2, -0.15) is 0 Å². The molecule has 0 spiro atoms. The van der Waals surface area contributed by atoms with Crippen LogP contribution in [0.2, 0.25) is 0 Å². The minimum Gasteiger partial charge on any atom is -0.456 e. The molecule has 1 aromatic rings. The minimum atomic E-state index is -0.444. The molecule has 1 fully saturated rings. The van der Waals surface area contributed by atoms with Gasteiger partial charge in [-0.05, 0) is 43.6 Å². The summed E-state index contributed by atoms with van der Waals surface area (Å²) < 4.78 is 4.74. The van der Waals surface area contributed by atoms with Gasteiger partial charge in [-0.25, -0.2) is 0 Å². The Morgan fingerprint density at radius 2 is 1.83 bits per heavy atom. The average Bonchev–Trinajstić information content (AvgIpc) is 3.08. The Morgan fingerprint density at radius 3 is 2.38 bits per heavy atom. The molecule has 1 aliphatic heterocycles. The predicted octanol–water partition coefficient (Wildman–Crippen LogP) is 1.57. The summed E-state index contributed by atoms with van der Waals surface area (Å²) in [6.07, 6.45) is 2.38. The van der Waals surface area contributed by atoms with E-state index in [1.54, 1.807) is 0 Å². The lowest BCUT2D eigenvalue weighted by molar-refractivity contribution is -0.146. The molecule has 1 saturated heterocycles. The van der Waals surface area contributed by atoms with E-state index in [1.807, 2.05) is 14.1 Å². The zero-order valence-electron chi connectivity index (χ0n) is 14.7. The van der Waals surface area contributed by atoms with Gasteiger partial charge in [0.15, 0.2) is 6.61 Å². The van der Waals surface area contributed by atoms with Crippen LogP contribution in [0.15, 0.2) is 24.3 Å². The van der Waals surface area contributed by atoms with Crippen molar-refractivity contribution in [1.82, 2.24) is 10.2 Å². The molecule has 6 heteroatoms. The Morgan fingerprint density at radius 1 is 1.21 bits per heavy atom. The standard InChI is InChI=1S/C18H27N3O3/c1-14(22)24-13-18(23)19-12-17(21-10-4-5-11-21)15-6-8-16(9-7-15)20(2)3/h6-9,17H,4-5,10-13H2,1-3H3,(H,19,23). The third-order valence-electron chi connectivity index (χ3n) is 4.27. The molecule has 1 heterocycles. The number of carbonyl (C=O) groups is 2. The zero-order valence-corrected chi connectivity index (χ0v) is 14.7. The lowest BCUT2D eigenvalue weighted by Crippen LogP contribution is -2.38. The summed E-state index contributed by atoms with van der Waals surface area (Å²) in [7, 11) is 4.03. The van der Waals surface area contributed by atoms with Gasteiger partial charge in [-0.15, -0.1) is 0 Å². The molecule has 0 aromatic heterocycles. The molecule has 0 aliphatic carbocycles. The van der Waals surface area contributed by atoms with Crippen LogP contribution in [0.3, 0.4) is 0 Å². The van der Waals surface area contributed by atoms with E-state index in [4.69, 9.17) is 4.74 Å². The third kappa shape index (κ3) is 5.23. The van der Waals surface area contributed by atoms with Crippen LogP contribution in [0, 0.1) is 0 Å². The molecule has 1 amide bonds. The molecule has 2 rings (SSSR count). The van der Waals surface area contributed by atoms with Gasteiger partial charge in [0.1, 0.15) is 0 Å². The van der Waals surface area contributed by atoms with Gasteiger partial charge in [-0.3, -0.25) is 14.5 Å². The number of likely N-dealkylation sites (tertiary alicyclic amines) is 1. The van der Waals surface area contributed by atoms with E-state index in [1.165, 1.54) is 25.3 Å². The minimum absolute atomic E-state index is 0.144. The number of hydrogen-bond acceptors (Lipinski definition) is 5. The van der Waals surface area contributed by atoms with Crippen molar-refractivity contribution < 1.29 is 14.3 Å². The quantitative estimate of drug-likeness (QED) is 0.768. The Labute approximate surface area is 143 Å². The maximum Gasteiger partial charge on any atom is 0.303 e. The largest absolute Gasteiger partial charge is 0.456 e. The first-order valence-corrected chi connectivity index (χ1v) is 8.39. The molecule has 132 valence electrons. The van der Waals surface area contributed by atoms with Gasteiger partial charge in [0.25, 0.3) is 5.91 Å². The van der Waals surface area contributed by atoms with Crippen LogP contribution in [-0.2, 0) is 14.3 Å². The molecule has 1 aliphatic rings. The molecule has 1 N–H and O–H groups in total. The van der Waals surface area contributed by atoms with Gasteiger partial charge in [0, 0.05) is 33.3 Å². The summed E-state index contributed by atoms with van der Waals surface area (Å²) in [5.41, 5.74) is 2.34. The van der Waals surface area contributed by atoms with Gasteiger partial charge in [0.2, 0.25) is 0 Å². The summed E-state index contributed by atoms with van der Waals surface area (Å²) in [5.74, 6) is -0.708.